The molecular formula is C15H24BrNS. The Labute approximate surface area is 123 Å². The molecule has 1 N–H and O–H groups in total. The molecule has 0 radical (unpaired) electrons. The third-order valence-corrected chi connectivity index (χ3v) is 6.24. The maximum Gasteiger partial charge on any atom is 0.0314 e. The minimum atomic E-state index is 0.714. The molecule has 0 aliphatic heterocycles. The number of hydrogen-bond donors (Lipinski definition) is 1. The molecule has 0 aromatic carbocycles. The zero-order valence-electron chi connectivity index (χ0n) is 11.5. The SMILES string of the molecule is CCC(NCc1cc(Br)c(C)s1)C1CCCCC1. The second-order valence-corrected chi connectivity index (χ2v) is 7.61. The summed E-state index contributed by atoms with van der Waals surface area (Å²) in [7, 11) is 0. The van der Waals surface area contributed by atoms with Crippen molar-refractivity contribution in [1.82, 2.24) is 5.32 Å². The van der Waals surface area contributed by atoms with Crippen molar-refractivity contribution in [2.24, 2.45) is 5.92 Å². The van der Waals surface area contributed by atoms with Gasteiger partial charge in [-0.05, 0) is 54.1 Å². The van der Waals surface area contributed by atoms with Crippen molar-refractivity contribution in [1.29, 1.82) is 0 Å². The highest BCUT2D eigenvalue weighted by atomic mass is 79.9. The van der Waals surface area contributed by atoms with Crippen LogP contribution >= 0.6 is 27.3 Å². The third kappa shape index (κ3) is 3.82. The summed E-state index contributed by atoms with van der Waals surface area (Å²) in [5, 5.41) is 3.79. The summed E-state index contributed by atoms with van der Waals surface area (Å²) in [6.45, 7) is 5.53. The first-order valence-electron chi connectivity index (χ1n) is 7.19. The molecule has 1 aliphatic rings. The van der Waals surface area contributed by atoms with E-state index in [-0.39, 0.29) is 0 Å². The summed E-state index contributed by atoms with van der Waals surface area (Å²) < 4.78 is 1.26. The molecule has 1 nitrogen and oxygen atoms in total. The smallest absolute Gasteiger partial charge is 0.0314 e. The van der Waals surface area contributed by atoms with Gasteiger partial charge in [0.15, 0.2) is 0 Å². The summed E-state index contributed by atoms with van der Waals surface area (Å²) in [5.74, 6) is 0.910. The Hall–Kier alpha value is 0.140. The van der Waals surface area contributed by atoms with Crippen LogP contribution in [-0.4, -0.2) is 6.04 Å². The van der Waals surface area contributed by atoms with Gasteiger partial charge in [0, 0.05) is 26.8 Å². The number of thiophene rings is 1. The van der Waals surface area contributed by atoms with Gasteiger partial charge in [-0.25, -0.2) is 0 Å². The molecule has 1 saturated carbocycles. The number of hydrogen-bond acceptors (Lipinski definition) is 2. The molecular weight excluding hydrogens is 306 g/mol. The van der Waals surface area contributed by atoms with E-state index in [4.69, 9.17) is 0 Å². The predicted octanol–water partition coefficient (Wildman–Crippen LogP) is 5.27. The van der Waals surface area contributed by atoms with E-state index < -0.39 is 0 Å². The van der Waals surface area contributed by atoms with E-state index in [1.165, 1.54) is 52.8 Å². The highest BCUT2D eigenvalue weighted by Crippen LogP contribution is 2.29. The predicted molar refractivity (Wildman–Crippen MR) is 84.2 cm³/mol. The number of nitrogens with one attached hydrogen (secondary N) is 1. The quantitative estimate of drug-likeness (QED) is 0.776. The van der Waals surface area contributed by atoms with E-state index in [0.29, 0.717) is 6.04 Å². The zero-order valence-corrected chi connectivity index (χ0v) is 13.9. The number of halogens is 1. The lowest BCUT2D eigenvalue weighted by atomic mass is 9.83. The maximum absolute atomic E-state index is 3.79. The second kappa shape index (κ2) is 7.06. The number of rotatable bonds is 5. The normalized spacial score (nSPS) is 19.1. The van der Waals surface area contributed by atoms with Gasteiger partial charge in [-0.1, -0.05) is 26.2 Å². The van der Waals surface area contributed by atoms with Crippen LogP contribution in [-0.2, 0) is 6.54 Å². The standard InChI is InChI=1S/C15H24BrNS/c1-3-15(12-7-5-4-6-8-12)17-10-13-9-14(16)11(2)18-13/h9,12,15,17H,3-8,10H2,1-2H3. The first-order chi connectivity index (χ1) is 8.70. The lowest BCUT2D eigenvalue weighted by molar-refractivity contribution is 0.262. The largest absolute Gasteiger partial charge is 0.309 e. The minimum Gasteiger partial charge on any atom is -0.309 e. The van der Waals surface area contributed by atoms with Crippen molar-refractivity contribution in [3.05, 3.63) is 20.3 Å². The fourth-order valence-electron chi connectivity index (χ4n) is 3.02. The molecule has 1 unspecified atom stereocenters. The van der Waals surface area contributed by atoms with Crippen molar-refractivity contribution in [3.8, 4) is 0 Å². The Morgan fingerprint density at radius 3 is 2.67 bits per heavy atom. The summed E-state index contributed by atoms with van der Waals surface area (Å²) in [5.41, 5.74) is 0. The van der Waals surface area contributed by atoms with E-state index >= 15 is 0 Å². The summed E-state index contributed by atoms with van der Waals surface area (Å²) in [4.78, 5) is 2.84. The molecule has 1 aliphatic carbocycles. The topological polar surface area (TPSA) is 12.0 Å². The van der Waals surface area contributed by atoms with Gasteiger partial charge in [-0.3, -0.25) is 0 Å². The van der Waals surface area contributed by atoms with Gasteiger partial charge in [0.1, 0.15) is 0 Å². The molecule has 0 saturated heterocycles. The van der Waals surface area contributed by atoms with Gasteiger partial charge in [0.2, 0.25) is 0 Å². The third-order valence-electron chi connectivity index (χ3n) is 4.11. The lowest BCUT2D eigenvalue weighted by Crippen LogP contribution is -2.36. The Kier molecular flexibility index (Phi) is 5.71. The van der Waals surface area contributed by atoms with E-state index in [0.717, 1.165) is 12.5 Å². The maximum atomic E-state index is 3.79. The van der Waals surface area contributed by atoms with Gasteiger partial charge >= 0.3 is 0 Å². The summed E-state index contributed by atoms with van der Waals surface area (Å²) in [6, 6.07) is 2.98. The van der Waals surface area contributed by atoms with Crippen LogP contribution in [0, 0.1) is 12.8 Å². The summed E-state index contributed by atoms with van der Waals surface area (Å²) in [6.07, 6.45) is 8.44. The molecule has 0 amide bonds. The molecule has 1 aromatic rings. The Bertz CT molecular complexity index is 349. The lowest BCUT2D eigenvalue weighted by Gasteiger charge is -2.30. The van der Waals surface area contributed by atoms with Gasteiger partial charge in [0.25, 0.3) is 0 Å². The van der Waals surface area contributed by atoms with Gasteiger partial charge in [-0.2, -0.15) is 0 Å². The van der Waals surface area contributed by atoms with Crippen molar-refractivity contribution in [3.63, 3.8) is 0 Å². The average Bonchev–Trinajstić information content (AvgIpc) is 2.71. The van der Waals surface area contributed by atoms with E-state index in [1.807, 2.05) is 11.3 Å². The van der Waals surface area contributed by atoms with Crippen LogP contribution in [0.15, 0.2) is 10.5 Å². The van der Waals surface area contributed by atoms with Crippen LogP contribution < -0.4 is 5.32 Å². The van der Waals surface area contributed by atoms with E-state index in [9.17, 15) is 0 Å². The van der Waals surface area contributed by atoms with E-state index in [1.54, 1.807) is 0 Å². The van der Waals surface area contributed by atoms with Crippen LogP contribution in [0.3, 0.4) is 0 Å². The Balaban J connectivity index is 1.86. The molecule has 1 aromatic heterocycles. The molecule has 0 bridgehead atoms. The van der Waals surface area contributed by atoms with Crippen LogP contribution in [0.5, 0.6) is 0 Å². The van der Waals surface area contributed by atoms with Crippen molar-refractivity contribution < 1.29 is 0 Å². The molecule has 18 heavy (non-hydrogen) atoms. The highest BCUT2D eigenvalue weighted by molar-refractivity contribution is 9.10. The van der Waals surface area contributed by atoms with Crippen LogP contribution in [0.25, 0.3) is 0 Å². The first-order valence-corrected chi connectivity index (χ1v) is 8.80. The Morgan fingerprint density at radius 2 is 2.11 bits per heavy atom. The van der Waals surface area contributed by atoms with Gasteiger partial charge < -0.3 is 5.32 Å². The molecule has 1 heterocycles. The van der Waals surface area contributed by atoms with E-state index in [2.05, 4.69) is 41.2 Å². The van der Waals surface area contributed by atoms with Crippen molar-refractivity contribution in [2.75, 3.05) is 0 Å². The molecule has 1 atom stereocenters. The van der Waals surface area contributed by atoms with Crippen LogP contribution in [0.2, 0.25) is 0 Å². The average molecular weight is 330 g/mol. The fourth-order valence-corrected chi connectivity index (χ4v) is 4.57. The number of aryl methyl sites for hydroxylation is 1. The fraction of sp³-hybridized carbons (Fsp3) is 0.733. The Morgan fingerprint density at radius 1 is 1.39 bits per heavy atom. The second-order valence-electron chi connectivity index (χ2n) is 5.41. The summed E-state index contributed by atoms with van der Waals surface area (Å²) >= 11 is 5.50. The molecule has 0 spiro atoms. The molecule has 1 fully saturated rings. The highest BCUT2D eigenvalue weighted by Gasteiger charge is 2.21. The van der Waals surface area contributed by atoms with Crippen molar-refractivity contribution >= 4 is 27.3 Å². The monoisotopic (exact) mass is 329 g/mol. The zero-order chi connectivity index (χ0) is 13.0. The van der Waals surface area contributed by atoms with Crippen molar-refractivity contribution in [2.45, 2.75) is 65.0 Å². The minimum absolute atomic E-state index is 0.714. The van der Waals surface area contributed by atoms with Gasteiger partial charge in [0.05, 0.1) is 0 Å². The first kappa shape index (κ1) is 14.5. The van der Waals surface area contributed by atoms with Crippen LogP contribution in [0.1, 0.15) is 55.2 Å². The molecule has 102 valence electrons. The van der Waals surface area contributed by atoms with Gasteiger partial charge in [-0.15, -0.1) is 11.3 Å². The molecule has 2 rings (SSSR count). The van der Waals surface area contributed by atoms with Crippen LogP contribution in [0.4, 0.5) is 0 Å². The molecule has 3 heteroatoms.